The molecule has 1 unspecified atom stereocenters. The van der Waals surface area contributed by atoms with Gasteiger partial charge in [0.1, 0.15) is 12.1 Å². The van der Waals surface area contributed by atoms with E-state index in [0.29, 0.717) is 25.1 Å². The van der Waals surface area contributed by atoms with E-state index >= 15 is 0 Å². The number of nitrogens with one attached hydrogen (secondary N) is 1. The first kappa shape index (κ1) is 22.3. The third-order valence-electron chi connectivity index (χ3n) is 6.05. The van der Waals surface area contributed by atoms with Crippen LogP contribution >= 0.6 is 0 Å². The van der Waals surface area contributed by atoms with Crippen LogP contribution in [0.25, 0.3) is 0 Å². The smallest absolute Gasteiger partial charge is 0.325 e. The maximum absolute atomic E-state index is 13.4. The SMILES string of the molecule is CCC1(c2ccccc2)NC(=O)N(CC(=O)N(Cc2ccccc2)Cc2ccccc2)C1=O. The van der Waals surface area contributed by atoms with E-state index in [0.717, 1.165) is 16.0 Å². The Morgan fingerprint density at radius 1 is 0.818 bits per heavy atom. The number of carbonyl (C=O) groups excluding carboxylic acids is 3. The Kier molecular flexibility index (Phi) is 6.54. The fourth-order valence-corrected chi connectivity index (χ4v) is 4.21. The van der Waals surface area contributed by atoms with Crippen LogP contribution < -0.4 is 5.32 Å². The Bertz CT molecular complexity index is 1080. The average Bonchev–Trinajstić information content (AvgIpc) is 3.10. The van der Waals surface area contributed by atoms with Crippen molar-refractivity contribution < 1.29 is 14.4 Å². The highest BCUT2D eigenvalue weighted by molar-refractivity contribution is 6.09. The molecule has 3 aromatic rings. The molecular formula is C27H27N3O3. The molecule has 1 fully saturated rings. The molecule has 0 aromatic heterocycles. The summed E-state index contributed by atoms with van der Waals surface area (Å²) in [6, 6.07) is 28.0. The number of rotatable bonds is 8. The summed E-state index contributed by atoms with van der Waals surface area (Å²) in [4.78, 5) is 42.4. The van der Waals surface area contributed by atoms with E-state index in [1.807, 2.05) is 97.9 Å². The lowest BCUT2D eigenvalue weighted by molar-refractivity contribution is -0.140. The van der Waals surface area contributed by atoms with Crippen LogP contribution in [0.3, 0.4) is 0 Å². The van der Waals surface area contributed by atoms with Gasteiger partial charge in [-0.1, -0.05) is 97.9 Å². The van der Waals surface area contributed by atoms with Gasteiger partial charge < -0.3 is 10.2 Å². The number of imide groups is 1. The number of hydrogen-bond acceptors (Lipinski definition) is 3. The number of amides is 4. The van der Waals surface area contributed by atoms with E-state index in [1.54, 1.807) is 4.90 Å². The lowest BCUT2D eigenvalue weighted by atomic mass is 9.87. The van der Waals surface area contributed by atoms with Crippen LogP contribution in [0.2, 0.25) is 0 Å². The Morgan fingerprint density at radius 2 is 1.30 bits per heavy atom. The second-order valence-electron chi connectivity index (χ2n) is 8.17. The van der Waals surface area contributed by atoms with Gasteiger partial charge in [0, 0.05) is 13.1 Å². The number of benzene rings is 3. The normalized spacial score (nSPS) is 17.7. The summed E-state index contributed by atoms with van der Waals surface area (Å²) in [6.45, 7) is 2.32. The largest absolute Gasteiger partial charge is 0.332 e. The molecule has 168 valence electrons. The van der Waals surface area contributed by atoms with Crippen molar-refractivity contribution in [2.24, 2.45) is 0 Å². The molecule has 0 aliphatic carbocycles. The van der Waals surface area contributed by atoms with Crippen LogP contribution in [0.5, 0.6) is 0 Å². The fraction of sp³-hybridized carbons (Fsp3) is 0.222. The average molecular weight is 442 g/mol. The molecule has 0 spiro atoms. The highest BCUT2D eigenvalue weighted by Crippen LogP contribution is 2.32. The van der Waals surface area contributed by atoms with Gasteiger partial charge in [-0.2, -0.15) is 0 Å². The zero-order valence-corrected chi connectivity index (χ0v) is 18.6. The molecule has 6 nitrogen and oxygen atoms in total. The summed E-state index contributed by atoms with van der Waals surface area (Å²) < 4.78 is 0. The molecule has 33 heavy (non-hydrogen) atoms. The van der Waals surface area contributed by atoms with Crippen molar-refractivity contribution in [1.82, 2.24) is 15.1 Å². The molecule has 0 radical (unpaired) electrons. The van der Waals surface area contributed by atoms with Crippen LogP contribution in [0.1, 0.15) is 30.0 Å². The van der Waals surface area contributed by atoms with Crippen molar-refractivity contribution in [3.8, 4) is 0 Å². The molecule has 1 N–H and O–H groups in total. The summed E-state index contributed by atoms with van der Waals surface area (Å²) >= 11 is 0. The van der Waals surface area contributed by atoms with Gasteiger partial charge in [0.25, 0.3) is 5.91 Å². The lowest BCUT2D eigenvalue weighted by Gasteiger charge is -2.27. The van der Waals surface area contributed by atoms with Crippen LogP contribution in [0.15, 0.2) is 91.0 Å². The highest BCUT2D eigenvalue weighted by Gasteiger charge is 2.51. The molecule has 3 aromatic carbocycles. The van der Waals surface area contributed by atoms with Gasteiger partial charge in [0.15, 0.2) is 0 Å². The van der Waals surface area contributed by atoms with Gasteiger partial charge >= 0.3 is 6.03 Å². The van der Waals surface area contributed by atoms with E-state index < -0.39 is 17.5 Å². The first-order valence-electron chi connectivity index (χ1n) is 11.1. The summed E-state index contributed by atoms with van der Waals surface area (Å²) in [5.74, 6) is -0.680. The van der Waals surface area contributed by atoms with E-state index in [9.17, 15) is 14.4 Å². The topological polar surface area (TPSA) is 69.7 Å². The highest BCUT2D eigenvalue weighted by atomic mass is 16.2. The molecule has 1 aliphatic heterocycles. The minimum atomic E-state index is -1.15. The van der Waals surface area contributed by atoms with Crippen LogP contribution in [-0.2, 0) is 28.2 Å². The number of nitrogens with zero attached hydrogens (tertiary/aromatic N) is 2. The van der Waals surface area contributed by atoms with Crippen molar-refractivity contribution in [3.63, 3.8) is 0 Å². The minimum Gasteiger partial charge on any atom is -0.332 e. The molecule has 4 amide bonds. The van der Waals surface area contributed by atoms with Crippen molar-refractivity contribution in [3.05, 3.63) is 108 Å². The predicted molar refractivity (Wildman–Crippen MR) is 126 cm³/mol. The van der Waals surface area contributed by atoms with Crippen molar-refractivity contribution >= 4 is 17.8 Å². The van der Waals surface area contributed by atoms with Crippen LogP contribution in [0, 0.1) is 0 Å². The Labute approximate surface area is 193 Å². The molecule has 0 bridgehead atoms. The lowest BCUT2D eigenvalue weighted by Crippen LogP contribution is -2.45. The molecule has 1 atom stereocenters. The Balaban J connectivity index is 1.56. The molecule has 4 rings (SSSR count). The van der Waals surface area contributed by atoms with Gasteiger partial charge in [-0.05, 0) is 23.1 Å². The monoisotopic (exact) mass is 441 g/mol. The first-order valence-corrected chi connectivity index (χ1v) is 11.1. The van der Waals surface area contributed by atoms with E-state index in [1.165, 1.54) is 0 Å². The zero-order chi connectivity index (χ0) is 23.3. The van der Waals surface area contributed by atoms with Gasteiger partial charge in [-0.15, -0.1) is 0 Å². The third-order valence-corrected chi connectivity index (χ3v) is 6.05. The van der Waals surface area contributed by atoms with Crippen molar-refractivity contribution in [2.45, 2.75) is 32.0 Å². The quantitative estimate of drug-likeness (QED) is 0.536. The van der Waals surface area contributed by atoms with Crippen LogP contribution in [0.4, 0.5) is 4.79 Å². The van der Waals surface area contributed by atoms with Crippen molar-refractivity contribution in [1.29, 1.82) is 0 Å². The molecule has 1 heterocycles. The second kappa shape index (κ2) is 9.69. The maximum Gasteiger partial charge on any atom is 0.325 e. The van der Waals surface area contributed by atoms with E-state index in [2.05, 4.69) is 5.32 Å². The molecular weight excluding hydrogens is 414 g/mol. The number of carbonyl (C=O) groups is 3. The van der Waals surface area contributed by atoms with Gasteiger partial charge in [0.05, 0.1) is 0 Å². The molecule has 1 saturated heterocycles. The standard InChI is InChI=1S/C27H27N3O3/c1-2-27(23-16-10-5-11-17-23)25(32)30(26(33)28-27)20-24(31)29(18-21-12-6-3-7-13-21)19-22-14-8-4-9-15-22/h3-17H,2,18-20H2,1H3,(H,28,33). The predicted octanol–water partition coefficient (Wildman–Crippen LogP) is 4.07. The number of hydrogen-bond donors (Lipinski definition) is 1. The second-order valence-corrected chi connectivity index (χ2v) is 8.17. The third kappa shape index (κ3) is 4.65. The van der Waals surface area contributed by atoms with E-state index in [4.69, 9.17) is 0 Å². The summed E-state index contributed by atoms with van der Waals surface area (Å²) in [5.41, 5.74) is 1.52. The molecule has 1 aliphatic rings. The molecule has 0 saturated carbocycles. The summed E-state index contributed by atoms with van der Waals surface area (Å²) in [7, 11) is 0. The van der Waals surface area contributed by atoms with Gasteiger partial charge in [0.2, 0.25) is 5.91 Å². The fourth-order valence-electron chi connectivity index (χ4n) is 4.21. The van der Waals surface area contributed by atoms with Gasteiger partial charge in [-0.3, -0.25) is 14.5 Å². The maximum atomic E-state index is 13.4. The van der Waals surface area contributed by atoms with Gasteiger partial charge in [-0.25, -0.2) is 4.79 Å². The van der Waals surface area contributed by atoms with Crippen LogP contribution in [-0.4, -0.2) is 34.2 Å². The first-order chi connectivity index (χ1) is 16.0. The summed E-state index contributed by atoms with van der Waals surface area (Å²) in [5, 5.41) is 2.84. The Hall–Kier alpha value is -3.93. The zero-order valence-electron chi connectivity index (χ0n) is 18.6. The van der Waals surface area contributed by atoms with Crippen molar-refractivity contribution in [2.75, 3.05) is 6.54 Å². The number of urea groups is 1. The minimum absolute atomic E-state index is 0.286. The summed E-state index contributed by atoms with van der Waals surface area (Å²) in [6.07, 6.45) is 0.393. The molecule has 6 heteroatoms. The Morgan fingerprint density at radius 3 is 1.79 bits per heavy atom. The van der Waals surface area contributed by atoms with E-state index in [-0.39, 0.29) is 12.5 Å².